The van der Waals surface area contributed by atoms with Crippen LogP contribution < -0.4 is 4.72 Å². The first-order valence-corrected chi connectivity index (χ1v) is 7.43. The highest BCUT2D eigenvalue weighted by Gasteiger charge is 2.15. The van der Waals surface area contributed by atoms with Gasteiger partial charge in [-0.1, -0.05) is 17.1 Å². The lowest BCUT2D eigenvalue weighted by atomic mass is 10.1. The summed E-state index contributed by atoms with van der Waals surface area (Å²) in [6, 6.07) is 4.56. The molecule has 110 valence electrons. The summed E-state index contributed by atoms with van der Waals surface area (Å²) in [6.07, 6.45) is 0. The van der Waals surface area contributed by atoms with Gasteiger partial charge >= 0.3 is 0 Å². The summed E-state index contributed by atoms with van der Waals surface area (Å²) in [5.41, 5.74) is 1.37. The number of benzene rings is 1. The van der Waals surface area contributed by atoms with E-state index in [1.807, 2.05) is 0 Å². The second-order valence-electron chi connectivity index (χ2n) is 4.09. The molecule has 0 unspecified atom stereocenters. The third-order valence-corrected chi connectivity index (χ3v) is 4.02. The minimum Gasteiger partial charge on any atom is -0.384 e. The largest absolute Gasteiger partial charge is 0.384 e. The molecular formula is C12H13N5O3S. The molecule has 0 radical (unpaired) electrons. The molecule has 0 aliphatic heterocycles. The van der Waals surface area contributed by atoms with Crippen LogP contribution >= 0.6 is 0 Å². The van der Waals surface area contributed by atoms with E-state index in [0.29, 0.717) is 11.1 Å². The quantitative estimate of drug-likeness (QED) is 0.644. The van der Waals surface area contributed by atoms with Crippen LogP contribution in [0.2, 0.25) is 0 Å². The van der Waals surface area contributed by atoms with E-state index < -0.39 is 10.0 Å². The molecule has 0 saturated heterocycles. The van der Waals surface area contributed by atoms with Crippen LogP contribution in [0.15, 0.2) is 23.1 Å². The molecule has 8 nitrogen and oxygen atoms in total. The van der Waals surface area contributed by atoms with Crippen molar-refractivity contribution in [3.63, 3.8) is 0 Å². The van der Waals surface area contributed by atoms with E-state index in [2.05, 4.69) is 37.2 Å². The number of aryl methyl sites for hydroxylation is 1. The third-order valence-electron chi connectivity index (χ3n) is 2.62. The molecule has 9 heteroatoms. The van der Waals surface area contributed by atoms with Gasteiger partial charge in [-0.15, -0.1) is 10.2 Å². The standard InChI is InChI=1S/C12H13N5O3S/c1-9-7-11(5-4-10(9)3-2-6-18)21(19,20)13-8-12-14-16-17-15-12/h4-5,7,13,18H,6,8H2,1H3,(H,14,15,16,17). The monoisotopic (exact) mass is 307 g/mol. The normalized spacial score (nSPS) is 11.0. The van der Waals surface area contributed by atoms with Gasteiger partial charge in [-0.05, 0) is 30.7 Å². The van der Waals surface area contributed by atoms with Crippen molar-refractivity contribution in [1.29, 1.82) is 0 Å². The zero-order valence-corrected chi connectivity index (χ0v) is 12.0. The molecule has 0 aliphatic rings. The molecule has 0 saturated carbocycles. The maximum absolute atomic E-state index is 12.1. The molecule has 2 aromatic rings. The first kappa shape index (κ1) is 15.1. The number of hydrogen-bond donors (Lipinski definition) is 3. The van der Waals surface area contributed by atoms with E-state index in [-0.39, 0.29) is 23.9 Å². The zero-order valence-electron chi connectivity index (χ0n) is 11.2. The van der Waals surface area contributed by atoms with E-state index in [1.54, 1.807) is 13.0 Å². The van der Waals surface area contributed by atoms with Gasteiger partial charge in [0.1, 0.15) is 6.61 Å². The number of aromatic amines is 1. The second kappa shape index (κ2) is 6.45. The minimum absolute atomic E-state index is 0.0516. The molecule has 0 amide bonds. The summed E-state index contributed by atoms with van der Waals surface area (Å²) in [6.45, 7) is 1.45. The fourth-order valence-electron chi connectivity index (χ4n) is 1.58. The van der Waals surface area contributed by atoms with Crippen molar-refractivity contribution in [2.75, 3.05) is 6.61 Å². The first-order valence-electron chi connectivity index (χ1n) is 5.95. The van der Waals surface area contributed by atoms with E-state index in [0.717, 1.165) is 0 Å². The predicted molar refractivity (Wildman–Crippen MR) is 73.3 cm³/mol. The van der Waals surface area contributed by atoms with Crippen LogP contribution in [0, 0.1) is 18.8 Å². The van der Waals surface area contributed by atoms with Crippen LogP contribution in [0.5, 0.6) is 0 Å². The van der Waals surface area contributed by atoms with Gasteiger partial charge in [0.05, 0.1) is 11.4 Å². The van der Waals surface area contributed by atoms with Crippen molar-refractivity contribution in [3.8, 4) is 11.8 Å². The number of aliphatic hydroxyl groups is 1. The number of sulfonamides is 1. The van der Waals surface area contributed by atoms with Gasteiger partial charge in [0, 0.05) is 5.56 Å². The number of nitrogens with zero attached hydrogens (tertiary/aromatic N) is 3. The Morgan fingerprint density at radius 2 is 2.24 bits per heavy atom. The smallest absolute Gasteiger partial charge is 0.240 e. The predicted octanol–water partition coefficient (Wildman–Crippen LogP) is -0.670. The van der Waals surface area contributed by atoms with E-state index >= 15 is 0 Å². The molecule has 1 aromatic carbocycles. The average molecular weight is 307 g/mol. The van der Waals surface area contributed by atoms with Crippen LogP contribution in [-0.4, -0.2) is 40.8 Å². The van der Waals surface area contributed by atoms with Gasteiger partial charge in [-0.2, -0.15) is 5.21 Å². The second-order valence-corrected chi connectivity index (χ2v) is 5.86. The van der Waals surface area contributed by atoms with Crippen molar-refractivity contribution >= 4 is 10.0 Å². The first-order chi connectivity index (χ1) is 10.0. The van der Waals surface area contributed by atoms with E-state index in [4.69, 9.17) is 5.11 Å². The maximum atomic E-state index is 12.1. The summed E-state index contributed by atoms with van der Waals surface area (Å²) in [7, 11) is -3.67. The van der Waals surface area contributed by atoms with E-state index in [1.165, 1.54) is 12.1 Å². The molecule has 0 aliphatic carbocycles. The molecule has 0 bridgehead atoms. The molecular weight excluding hydrogens is 294 g/mol. The molecule has 0 fully saturated rings. The SMILES string of the molecule is Cc1cc(S(=O)(=O)NCc2nn[nH]n2)ccc1C#CCO. The number of aliphatic hydroxyl groups excluding tert-OH is 1. The number of H-pyrrole nitrogens is 1. The van der Waals surface area contributed by atoms with Crippen LogP contribution in [0.4, 0.5) is 0 Å². The van der Waals surface area contributed by atoms with Crippen LogP contribution in [-0.2, 0) is 16.6 Å². The Morgan fingerprint density at radius 3 is 2.86 bits per heavy atom. The Balaban J connectivity index is 2.18. The molecule has 21 heavy (non-hydrogen) atoms. The number of nitrogens with one attached hydrogen (secondary N) is 2. The van der Waals surface area contributed by atoms with Gasteiger partial charge in [-0.25, -0.2) is 13.1 Å². The molecule has 1 heterocycles. The summed E-state index contributed by atoms with van der Waals surface area (Å²) in [5, 5.41) is 21.6. The molecule has 0 atom stereocenters. The highest BCUT2D eigenvalue weighted by atomic mass is 32.2. The minimum atomic E-state index is -3.67. The van der Waals surface area contributed by atoms with Gasteiger partial charge in [-0.3, -0.25) is 0 Å². The fourth-order valence-corrected chi connectivity index (χ4v) is 2.64. The van der Waals surface area contributed by atoms with Crippen LogP contribution in [0.1, 0.15) is 17.0 Å². The van der Waals surface area contributed by atoms with E-state index in [9.17, 15) is 8.42 Å². The number of aromatic nitrogens is 4. The number of hydrogen-bond acceptors (Lipinski definition) is 6. The topological polar surface area (TPSA) is 121 Å². The van der Waals surface area contributed by atoms with Gasteiger partial charge in [0.15, 0.2) is 5.82 Å². The molecule has 1 aromatic heterocycles. The zero-order chi connectivity index (χ0) is 15.3. The van der Waals surface area contributed by atoms with Crippen LogP contribution in [0.3, 0.4) is 0 Å². The lowest BCUT2D eigenvalue weighted by Gasteiger charge is -2.06. The van der Waals surface area contributed by atoms with Gasteiger partial charge in [0.25, 0.3) is 0 Å². The van der Waals surface area contributed by atoms with Crippen molar-refractivity contribution < 1.29 is 13.5 Å². The number of rotatable bonds is 4. The molecule has 0 spiro atoms. The molecule has 3 N–H and O–H groups in total. The van der Waals surface area contributed by atoms with Crippen molar-refractivity contribution in [2.45, 2.75) is 18.4 Å². The fraction of sp³-hybridized carbons (Fsp3) is 0.250. The lowest BCUT2D eigenvalue weighted by molar-refractivity contribution is 0.350. The Hall–Kier alpha value is -2.28. The van der Waals surface area contributed by atoms with Crippen LogP contribution in [0.25, 0.3) is 0 Å². The Bertz CT molecular complexity index is 775. The van der Waals surface area contributed by atoms with Gasteiger partial charge in [0.2, 0.25) is 10.0 Å². The Morgan fingerprint density at radius 1 is 1.43 bits per heavy atom. The van der Waals surface area contributed by atoms with Crippen molar-refractivity contribution in [2.24, 2.45) is 0 Å². The van der Waals surface area contributed by atoms with Crippen molar-refractivity contribution in [1.82, 2.24) is 25.3 Å². The highest BCUT2D eigenvalue weighted by molar-refractivity contribution is 7.89. The maximum Gasteiger partial charge on any atom is 0.240 e. The summed E-state index contributed by atoms with van der Waals surface area (Å²) >= 11 is 0. The molecule has 2 rings (SSSR count). The highest BCUT2D eigenvalue weighted by Crippen LogP contribution is 2.15. The Kier molecular flexibility index (Phi) is 4.64. The van der Waals surface area contributed by atoms with Crippen molar-refractivity contribution in [3.05, 3.63) is 35.2 Å². The average Bonchev–Trinajstić information content (AvgIpc) is 2.97. The number of tetrazole rings is 1. The summed E-state index contributed by atoms with van der Waals surface area (Å²) in [5.74, 6) is 5.52. The third kappa shape index (κ3) is 3.85. The summed E-state index contributed by atoms with van der Waals surface area (Å²) < 4.78 is 26.6. The lowest BCUT2D eigenvalue weighted by Crippen LogP contribution is -2.24. The Labute approximate surface area is 121 Å². The summed E-state index contributed by atoms with van der Waals surface area (Å²) in [4.78, 5) is 0.123. The van der Waals surface area contributed by atoms with Gasteiger partial charge < -0.3 is 5.11 Å².